The first-order chi connectivity index (χ1) is 24.5. The number of nitrogens with zero attached hydrogens (tertiary/aromatic N) is 3. The summed E-state index contributed by atoms with van der Waals surface area (Å²) >= 11 is 0. The first-order valence-corrected chi connectivity index (χ1v) is 16.1. The van der Waals surface area contributed by atoms with Gasteiger partial charge in [-0.1, -0.05) is 5.21 Å². The van der Waals surface area contributed by atoms with Crippen LogP contribution in [0.25, 0.3) is 0 Å². The molecule has 0 radical (unpaired) electrons. The van der Waals surface area contributed by atoms with Crippen LogP contribution < -0.4 is 29.6 Å². The molecule has 5 N–H and O–H groups in total. The normalized spacial score (nSPS) is 29.1. The van der Waals surface area contributed by atoms with Crippen LogP contribution in [0.3, 0.4) is 0 Å². The molecule has 18 heteroatoms. The van der Waals surface area contributed by atoms with E-state index in [0.29, 0.717) is 22.8 Å². The van der Waals surface area contributed by atoms with Crippen LogP contribution in [-0.2, 0) is 35.1 Å². The lowest BCUT2D eigenvalue weighted by atomic mass is 9.65. The third-order valence-corrected chi connectivity index (χ3v) is 9.76. The number of esters is 1. The fourth-order valence-corrected chi connectivity index (χ4v) is 7.44. The van der Waals surface area contributed by atoms with Crippen molar-refractivity contribution in [1.29, 1.82) is 0 Å². The Balaban J connectivity index is 1.18. The van der Waals surface area contributed by atoms with E-state index in [1.54, 1.807) is 23.0 Å². The largest absolute Gasteiger partial charge is 0.502 e. The number of rotatable bonds is 9. The average Bonchev–Trinajstić information content (AvgIpc) is 3.88. The Morgan fingerprint density at radius 3 is 2.33 bits per heavy atom. The number of benzene rings is 2. The lowest BCUT2D eigenvalue weighted by molar-refractivity contribution is -0.251. The summed E-state index contributed by atoms with van der Waals surface area (Å²) in [7, 11) is 4.13. The zero-order valence-electron chi connectivity index (χ0n) is 28.0. The maximum absolute atomic E-state index is 13.5. The van der Waals surface area contributed by atoms with Gasteiger partial charge in [-0.15, -0.1) is 5.10 Å². The molecule has 0 unspecified atom stereocenters. The van der Waals surface area contributed by atoms with Crippen LogP contribution in [-0.4, -0.2) is 113 Å². The predicted octanol–water partition coefficient (Wildman–Crippen LogP) is -0.532. The molecule has 2 aromatic carbocycles. The van der Waals surface area contributed by atoms with Crippen LogP contribution in [0.2, 0.25) is 0 Å². The number of phenols is 1. The quantitative estimate of drug-likeness (QED) is 0.176. The minimum absolute atomic E-state index is 0.0198. The zero-order valence-corrected chi connectivity index (χ0v) is 28.0. The third kappa shape index (κ3) is 5.92. The molecular weight excluding hydrogens is 674 g/mol. The fraction of sp³-hybridized carbons (Fsp3) is 0.485. The van der Waals surface area contributed by atoms with Gasteiger partial charge in [0.1, 0.15) is 23.9 Å². The minimum atomic E-state index is -1.67. The van der Waals surface area contributed by atoms with E-state index in [9.17, 15) is 29.7 Å². The van der Waals surface area contributed by atoms with E-state index in [-0.39, 0.29) is 37.2 Å². The van der Waals surface area contributed by atoms with Crippen LogP contribution in [0.1, 0.15) is 41.3 Å². The molecule has 3 aromatic rings. The number of carbonyl (C=O) groups excluding carboxylic acids is 3. The summed E-state index contributed by atoms with van der Waals surface area (Å²) in [6.07, 6.45) is -4.32. The van der Waals surface area contributed by atoms with Gasteiger partial charge in [0.25, 0.3) is 5.91 Å². The summed E-state index contributed by atoms with van der Waals surface area (Å²) < 4.78 is 40.4. The van der Waals surface area contributed by atoms with Crippen molar-refractivity contribution in [3.05, 3.63) is 52.8 Å². The molecule has 0 bridgehead atoms. The number of nitrogens with one attached hydrogen (secondary N) is 2. The van der Waals surface area contributed by atoms with E-state index in [1.807, 2.05) is 12.1 Å². The van der Waals surface area contributed by atoms with E-state index in [0.717, 1.165) is 11.1 Å². The van der Waals surface area contributed by atoms with Gasteiger partial charge in [-0.25, -0.2) is 4.68 Å². The molecule has 9 atom stereocenters. The number of cyclic esters (lactones) is 1. The van der Waals surface area contributed by atoms with Gasteiger partial charge >= 0.3 is 5.97 Å². The molecule has 0 spiro atoms. The number of carbonyl (C=O) groups is 3. The molecule has 3 aliphatic heterocycles. The van der Waals surface area contributed by atoms with Gasteiger partial charge in [0.05, 0.1) is 45.5 Å². The number of hydrogen-bond donors (Lipinski definition) is 5. The lowest BCUT2D eigenvalue weighted by Gasteiger charge is -2.41. The summed E-state index contributed by atoms with van der Waals surface area (Å²) in [4.78, 5) is 38.3. The van der Waals surface area contributed by atoms with Crippen molar-refractivity contribution in [3.63, 3.8) is 0 Å². The maximum Gasteiger partial charge on any atom is 0.310 e. The molecule has 4 aliphatic rings. The van der Waals surface area contributed by atoms with Crippen molar-refractivity contribution in [2.24, 2.45) is 11.8 Å². The molecule has 272 valence electrons. The molecule has 2 fully saturated rings. The number of phenolic OH excluding ortho intramolecular Hbond substituents is 1. The highest BCUT2D eigenvalue weighted by Gasteiger charge is 2.54. The zero-order chi connectivity index (χ0) is 36.1. The Labute approximate surface area is 290 Å². The molecule has 7 rings (SSSR count). The SMILES string of the molecule is COc1cc([C@@H]2c3cc4c(cc3[C@@H](n3cc(CNC(=O)[C@@H]5O[C@H](OC)[C@H](NC(C)=O)[C@@H](O)[C@@H]5O)nn3)[C@H]3COC(=O)[C@H]23)OCO4)cc(OC)c1O. The molecule has 0 saturated carbocycles. The number of aromatic nitrogens is 3. The Morgan fingerprint density at radius 2 is 1.69 bits per heavy atom. The number of fused-ring (bicyclic) bond motifs is 3. The van der Waals surface area contributed by atoms with Crippen molar-refractivity contribution >= 4 is 17.8 Å². The molecular formula is C33H37N5O13. The summed E-state index contributed by atoms with van der Waals surface area (Å²) in [6, 6.07) is 5.34. The van der Waals surface area contributed by atoms with Crippen LogP contribution in [0.4, 0.5) is 0 Å². The summed E-state index contributed by atoms with van der Waals surface area (Å²) in [6.45, 7) is 1.20. The van der Waals surface area contributed by atoms with Gasteiger partial charge in [0, 0.05) is 25.9 Å². The fourth-order valence-electron chi connectivity index (χ4n) is 7.44. The Bertz CT molecular complexity index is 1820. The number of ether oxygens (including phenoxy) is 7. The van der Waals surface area contributed by atoms with Gasteiger partial charge in [0.15, 0.2) is 35.4 Å². The highest BCUT2D eigenvalue weighted by Crippen LogP contribution is 2.56. The smallest absolute Gasteiger partial charge is 0.310 e. The molecule has 2 saturated heterocycles. The maximum atomic E-state index is 13.5. The third-order valence-electron chi connectivity index (χ3n) is 9.76. The van der Waals surface area contributed by atoms with E-state index in [2.05, 4.69) is 20.9 Å². The van der Waals surface area contributed by atoms with E-state index in [1.165, 1.54) is 28.3 Å². The number of aliphatic hydroxyl groups excluding tert-OH is 2. The van der Waals surface area contributed by atoms with E-state index >= 15 is 0 Å². The number of amides is 2. The Hall–Kier alpha value is -5.17. The topological polar surface area (TPSA) is 231 Å². The number of methoxy groups -OCH3 is 3. The first kappa shape index (κ1) is 34.3. The molecule has 2 amide bonds. The second-order valence-corrected chi connectivity index (χ2v) is 12.6. The van der Waals surface area contributed by atoms with Crippen molar-refractivity contribution in [1.82, 2.24) is 25.6 Å². The van der Waals surface area contributed by atoms with Crippen molar-refractivity contribution in [2.45, 2.75) is 56.1 Å². The van der Waals surface area contributed by atoms with Crippen LogP contribution >= 0.6 is 0 Å². The van der Waals surface area contributed by atoms with Crippen LogP contribution in [0.15, 0.2) is 30.5 Å². The van der Waals surface area contributed by atoms with Gasteiger partial charge in [0.2, 0.25) is 18.4 Å². The Morgan fingerprint density at radius 1 is 1.00 bits per heavy atom. The van der Waals surface area contributed by atoms with E-state index in [4.69, 9.17) is 33.2 Å². The molecule has 18 nitrogen and oxygen atoms in total. The highest BCUT2D eigenvalue weighted by molar-refractivity contribution is 5.82. The number of aliphatic hydroxyl groups is 2. The van der Waals surface area contributed by atoms with Gasteiger partial charge < -0.3 is 59.1 Å². The summed E-state index contributed by atoms with van der Waals surface area (Å²) in [5, 5.41) is 45.7. The summed E-state index contributed by atoms with van der Waals surface area (Å²) in [5.74, 6) is -2.16. The predicted molar refractivity (Wildman–Crippen MR) is 169 cm³/mol. The van der Waals surface area contributed by atoms with Gasteiger partial charge in [-0.3, -0.25) is 14.4 Å². The minimum Gasteiger partial charge on any atom is -0.502 e. The van der Waals surface area contributed by atoms with Gasteiger partial charge in [-0.05, 0) is 41.0 Å². The highest BCUT2D eigenvalue weighted by atomic mass is 16.7. The average molecular weight is 712 g/mol. The monoisotopic (exact) mass is 711 g/mol. The standard InChI is InChI=1S/C33H37N5O13/c1-13(39)35-25-28(41)29(42)30(51-33(25)47-4)31(43)34-9-15-10-38(37-36-15)26-17-8-20-19(49-12-50-20)7-16(17)23(24-18(26)11-48-32(24)44)14-5-21(45-2)27(40)22(6-14)46-3/h5-8,10,18,23-26,28-30,33,40-42H,9,11-12H2,1-4H3,(H,34,43)(H,35,39)/t18-,23+,24-,25+,26+,28+,29-,30+,33-/m0/s1. The summed E-state index contributed by atoms with van der Waals surface area (Å²) in [5.41, 5.74) is 2.49. The molecule has 4 heterocycles. The molecule has 1 aliphatic carbocycles. The molecule has 1 aromatic heterocycles. The first-order valence-electron chi connectivity index (χ1n) is 16.1. The van der Waals surface area contributed by atoms with Crippen molar-refractivity contribution in [3.8, 4) is 28.7 Å². The van der Waals surface area contributed by atoms with Crippen molar-refractivity contribution in [2.75, 3.05) is 34.7 Å². The van der Waals surface area contributed by atoms with Crippen LogP contribution in [0, 0.1) is 11.8 Å². The second kappa shape index (κ2) is 13.5. The Kier molecular flexibility index (Phi) is 9.09. The van der Waals surface area contributed by atoms with Gasteiger partial charge in [-0.2, -0.15) is 0 Å². The van der Waals surface area contributed by atoms with E-state index < -0.39 is 72.2 Å². The van der Waals surface area contributed by atoms with Crippen molar-refractivity contribution < 1.29 is 62.9 Å². The number of hydrogen-bond acceptors (Lipinski definition) is 15. The number of aromatic hydroxyl groups is 1. The lowest BCUT2D eigenvalue weighted by Crippen LogP contribution is -2.66. The second-order valence-electron chi connectivity index (χ2n) is 12.6. The van der Waals surface area contributed by atoms with Crippen LogP contribution in [0.5, 0.6) is 28.7 Å². The molecule has 51 heavy (non-hydrogen) atoms.